The zero-order valence-electron chi connectivity index (χ0n) is 16.0. The minimum absolute atomic E-state index is 0.0231. The van der Waals surface area contributed by atoms with Crippen LogP contribution in [0.4, 0.5) is 11.4 Å². The minimum atomic E-state index is -0.486. The second kappa shape index (κ2) is 9.68. The lowest BCUT2D eigenvalue weighted by atomic mass is 10.1. The van der Waals surface area contributed by atoms with Crippen LogP contribution in [-0.4, -0.2) is 41.3 Å². The molecule has 1 saturated heterocycles. The Morgan fingerprint density at radius 2 is 1.72 bits per heavy atom. The molecule has 1 aliphatic heterocycles. The molecule has 1 fully saturated rings. The Bertz CT molecular complexity index is 876. The van der Waals surface area contributed by atoms with Crippen LogP contribution in [0.5, 0.6) is 5.75 Å². The molecule has 0 bridgehead atoms. The quantitative estimate of drug-likeness (QED) is 0.568. The molecule has 2 aromatic carbocycles. The number of likely N-dealkylation sites (tertiary alicyclic amines) is 1. The number of carbonyl (C=O) groups is 2. The van der Waals surface area contributed by atoms with Gasteiger partial charge in [0.15, 0.2) is 0 Å². The van der Waals surface area contributed by atoms with Crippen LogP contribution in [0.15, 0.2) is 48.5 Å². The van der Waals surface area contributed by atoms with Gasteiger partial charge in [-0.25, -0.2) is 0 Å². The van der Waals surface area contributed by atoms with Gasteiger partial charge >= 0.3 is 0 Å². The standard InChI is InChI=1S/C21H23N3O5/c25-20(12-15-29-17-10-8-16(9-11-17)24(27)28)22-19-7-3-2-6-18(19)21(26)23-13-4-1-5-14-23/h2-3,6-11H,1,4-5,12-15H2,(H,22,25). The van der Waals surface area contributed by atoms with E-state index >= 15 is 0 Å². The van der Waals surface area contributed by atoms with Crippen LogP contribution in [0, 0.1) is 10.1 Å². The van der Waals surface area contributed by atoms with Crippen molar-refractivity contribution in [2.75, 3.05) is 25.0 Å². The third kappa shape index (κ3) is 5.54. The number of anilines is 1. The molecule has 0 spiro atoms. The monoisotopic (exact) mass is 397 g/mol. The topological polar surface area (TPSA) is 102 Å². The third-order valence-corrected chi connectivity index (χ3v) is 4.72. The largest absolute Gasteiger partial charge is 0.493 e. The molecule has 0 radical (unpaired) electrons. The van der Waals surface area contributed by atoms with Crippen LogP contribution in [0.2, 0.25) is 0 Å². The summed E-state index contributed by atoms with van der Waals surface area (Å²) < 4.78 is 5.46. The van der Waals surface area contributed by atoms with E-state index in [4.69, 9.17) is 4.74 Å². The Balaban J connectivity index is 1.54. The molecule has 152 valence electrons. The highest BCUT2D eigenvalue weighted by Gasteiger charge is 2.21. The lowest BCUT2D eigenvalue weighted by molar-refractivity contribution is -0.384. The number of non-ortho nitro benzene ring substituents is 1. The molecule has 8 heteroatoms. The van der Waals surface area contributed by atoms with Gasteiger partial charge in [0.05, 0.1) is 29.2 Å². The van der Waals surface area contributed by atoms with Crippen molar-refractivity contribution in [3.63, 3.8) is 0 Å². The number of benzene rings is 2. The fraction of sp³-hybridized carbons (Fsp3) is 0.333. The van der Waals surface area contributed by atoms with E-state index in [2.05, 4.69) is 5.32 Å². The average molecular weight is 397 g/mol. The van der Waals surface area contributed by atoms with Crippen LogP contribution in [0.3, 0.4) is 0 Å². The first kappa shape index (κ1) is 20.3. The first-order valence-corrected chi connectivity index (χ1v) is 9.60. The molecule has 29 heavy (non-hydrogen) atoms. The number of amides is 2. The number of rotatable bonds is 7. The van der Waals surface area contributed by atoms with Gasteiger partial charge in [0.25, 0.3) is 11.6 Å². The number of para-hydroxylation sites is 1. The van der Waals surface area contributed by atoms with Gasteiger partial charge in [0.2, 0.25) is 5.91 Å². The summed E-state index contributed by atoms with van der Waals surface area (Å²) in [5, 5.41) is 13.4. The Morgan fingerprint density at radius 3 is 2.41 bits per heavy atom. The van der Waals surface area contributed by atoms with Crippen molar-refractivity contribution in [3.8, 4) is 5.75 Å². The van der Waals surface area contributed by atoms with Gasteiger partial charge in [-0.2, -0.15) is 0 Å². The van der Waals surface area contributed by atoms with Crippen molar-refractivity contribution < 1.29 is 19.2 Å². The van der Waals surface area contributed by atoms with Crippen molar-refractivity contribution in [1.29, 1.82) is 0 Å². The number of nitrogens with one attached hydrogen (secondary N) is 1. The maximum atomic E-state index is 12.8. The van der Waals surface area contributed by atoms with Crippen LogP contribution in [0.25, 0.3) is 0 Å². The summed E-state index contributed by atoms with van der Waals surface area (Å²) >= 11 is 0. The Morgan fingerprint density at radius 1 is 1.03 bits per heavy atom. The number of ether oxygens (including phenoxy) is 1. The molecule has 0 atom stereocenters. The zero-order valence-corrected chi connectivity index (χ0v) is 16.0. The average Bonchev–Trinajstić information content (AvgIpc) is 2.74. The highest BCUT2D eigenvalue weighted by molar-refractivity contribution is 6.03. The van der Waals surface area contributed by atoms with Crippen LogP contribution >= 0.6 is 0 Å². The second-order valence-electron chi connectivity index (χ2n) is 6.80. The first-order chi connectivity index (χ1) is 14.0. The Kier molecular flexibility index (Phi) is 6.78. The van der Waals surface area contributed by atoms with E-state index in [9.17, 15) is 19.7 Å². The molecular weight excluding hydrogens is 374 g/mol. The summed E-state index contributed by atoms with van der Waals surface area (Å²) in [6.07, 6.45) is 3.22. The van der Waals surface area contributed by atoms with Crippen molar-refractivity contribution in [2.24, 2.45) is 0 Å². The Labute approximate surface area is 168 Å². The van der Waals surface area contributed by atoms with E-state index in [-0.39, 0.29) is 30.5 Å². The summed E-state index contributed by atoms with van der Waals surface area (Å²) in [5.41, 5.74) is 0.951. The first-order valence-electron chi connectivity index (χ1n) is 9.60. The van der Waals surface area contributed by atoms with E-state index < -0.39 is 4.92 Å². The van der Waals surface area contributed by atoms with E-state index in [1.807, 2.05) is 4.90 Å². The van der Waals surface area contributed by atoms with Gasteiger partial charge in [-0.15, -0.1) is 0 Å². The summed E-state index contributed by atoms with van der Waals surface area (Å²) in [5.74, 6) is 0.109. The Hall–Kier alpha value is -3.42. The van der Waals surface area contributed by atoms with Crippen molar-refractivity contribution >= 4 is 23.2 Å². The second-order valence-corrected chi connectivity index (χ2v) is 6.80. The molecule has 2 amide bonds. The molecule has 3 rings (SSSR count). The van der Waals surface area contributed by atoms with Crippen molar-refractivity contribution in [2.45, 2.75) is 25.7 Å². The van der Waals surface area contributed by atoms with Gasteiger partial charge in [-0.05, 0) is 43.5 Å². The molecular formula is C21H23N3O5. The number of piperidine rings is 1. The van der Waals surface area contributed by atoms with Crippen LogP contribution in [0.1, 0.15) is 36.0 Å². The molecule has 0 aromatic heterocycles. The van der Waals surface area contributed by atoms with Gasteiger partial charge in [0.1, 0.15) is 5.75 Å². The smallest absolute Gasteiger partial charge is 0.269 e. The van der Waals surface area contributed by atoms with Gasteiger partial charge in [0, 0.05) is 25.2 Å². The fourth-order valence-electron chi connectivity index (χ4n) is 3.18. The molecule has 0 aliphatic carbocycles. The lowest BCUT2D eigenvalue weighted by Gasteiger charge is -2.27. The number of carbonyl (C=O) groups excluding carboxylic acids is 2. The third-order valence-electron chi connectivity index (χ3n) is 4.72. The number of nitrogens with zero attached hydrogens (tertiary/aromatic N) is 2. The van der Waals surface area contributed by atoms with E-state index in [0.29, 0.717) is 17.0 Å². The summed E-state index contributed by atoms with van der Waals surface area (Å²) in [6.45, 7) is 1.60. The predicted octanol–water partition coefficient (Wildman–Crippen LogP) is 3.63. The number of nitro benzene ring substituents is 1. The lowest BCUT2D eigenvalue weighted by Crippen LogP contribution is -2.36. The molecule has 2 aromatic rings. The van der Waals surface area contributed by atoms with Crippen LogP contribution < -0.4 is 10.1 Å². The van der Waals surface area contributed by atoms with Crippen molar-refractivity contribution in [1.82, 2.24) is 4.90 Å². The predicted molar refractivity (Wildman–Crippen MR) is 108 cm³/mol. The molecule has 8 nitrogen and oxygen atoms in total. The highest BCUT2D eigenvalue weighted by Crippen LogP contribution is 2.21. The SMILES string of the molecule is O=C(CCOc1ccc([N+](=O)[O-])cc1)Nc1ccccc1C(=O)N1CCCCC1. The van der Waals surface area contributed by atoms with E-state index in [1.54, 1.807) is 24.3 Å². The fourth-order valence-corrected chi connectivity index (χ4v) is 3.18. The molecule has 0 unspecified atom stereocenters. The van der Waals surface area contributed by atoms with E-state index in [1.165, 1.54) is 24.3 Å². The maximum Gasteiger partial charge on any atom is 0.269 e. The number of nitro groups is 1. The zero-order chi connectivity index (χ0) is 20.6. The molecule has 1 N–H and O–H groups in total. The number of hydrogen-bond acceptors (Lipinski definition) is 5. The highest BCUT2D eigenvalue weighted by atomic mass is 16.6. The maximum absolute atomic E-state index is 12.8. The van der Waals surface area contributed by atoms with E-state index in [0.717, 1.165) is 32.4 Å². The molecule has 0 saturated carbocycles. The number of hydrogen-bond donors (Lipinski definition) is 1. The molecule has 1 aliphatic rings. The summed E-state index contributed by atoms with van der Waals surface area (Å²) in [7, 11) is 0. The van der Waals surface area contributed by atoms with Gasteiger partial charge < -0.3 is 15.0 Å². The summed E-state index contributed by atoms with van der Waals surface area (Å²) in [4.78, 5) is 37.1. The normalized spacial score (nSPS) is 13.6. The summed E-state index contributed by atoms with van der Waals surface area (Å²) in [6, 6.07) is 12.7. The van der Waals surface area contributed by atoms with Crippen molar-refractivity contribution in [3.05, 3.63) is 64.2 Å². The van der Waals surface area contributed by atoms with Gasteiger partial charge in [-0.1, -0.05) is 12.1 Å². The minimum Gasteiger partial charge on any atom is -0.493 e. The van der Waals surface area contributed by atoms with Gasteiger partial charge in [-0.3, -0.25) is 19.7 Å². The van der Waals surface area contributed by atoms with Crippen LogP contribution in [-0.2, 0) is 4.79 Å². The molecule has 1 heterocycles.